The molecule has 2 aromatic rings. The molecule has 1 saturated heterocycles. The first-order valence-electron chi connectivity index (χ1n) is 10.8. The van der Waals surface area contributed by atoms with Crippen molar-refractivity contribution in [1.82, 2.24) is 4.31 Å². The van der Waals surface area contributed by atoms with Crippen molar-refractivity contribution in [2.45, 2.75) is 38.5 Å². The molecule has 1 aliphatic heterocycles. The van der Waals surface area contributed by atoms with Gasteiger partial charge in [0, 0.05) is 31.9 Å². The fraction of sp³-hybridized carbons (Fsp3) is 0.435. The molecule has 9 heteroatoms. The number of carbonyl (C=O) groups is 1. The van der Waals surface area contributed by atoms with Gasteiger partial charge in [-0.3, -0.25) is 4.79 Å². The molecule has 1 fully saturated rings. The summed E-state index contributed by atoms with van der Waals surface area (Å²) in [5, 5.41) is 2.77. The van der Waals surface area contributed by atoms with Crippen molar-refractivity contribution < 1.29 is 17.6 Å². The molecule has 0 radical (unpaired) electrons. The molecule has 0 aliphatic carbocycles. The van der Waals surface area contributed by atoms with E-state index in [1.165, 1.54) is 22.5 Å². The third-order valence-corrected chi connectivity index (χ3v) is 8.22. The van der Waals surface area contributed by atoms with Crippen molar-refractivity contribution >= 4 is 38.9 Å². The van der Waals surface area contributed by atoms with Crippen LogP contribution in [0.2, 0.25) is 5.02 Å². The van der Waals surface area contributed by atoms with Gasteiger partial charge in [-0.1, -0.05) is 32.4 Å². The number of sulfonamides is 1. The molecule has 1 heterocycles. The van der Waals surface area contributed by atoms with Crippen LogP contribution in [0.5, 0.6) is 0 Å². The van der Waals surface area contributed by atoms with Crippen LogP contribution in [0.15, 0.2) is 41.3 Å². The Morgan fingerprint density at radius 2 is 1.81 bits per heavy atom. The normalized spacial score (nSPS) is 15.2. The van der Waals surface area contributed by atoms with Crippen LogP contribution in [0.3, 0.4) is 0 Å². The average molecular weight is 482 g/mol. The highest BCUT2D eigenvalue weighted by Gasteiger charge is 2.27. The largest absolute Gasteiger partial charge is 0.371 e. The summed E-state index contributed by atoms with van der Waals surface area (Å²) in [4.78, 5) is 15.4. The molecule has 1 N–H and O–H groups in total. The van der Waals surface area contributed by atoms with Crippen LogP contribution in [0.25, 0.3) is 0 Å². The van der Waals surface area contributed by atoms with E-state index >= 15 is 0 Å². The smallest absolute Gasteiger partial charge is 0.257 e. The molecule has 0 spiro atoms. The zero-order valence-electron chi connectivity index (χ0n) is 18.6. The van der Waals surface area contributed by atoms with Crippen LogP contribution in [-0.4, -0.2) is 44.8 Å². The first-order valence-corrected chi connectivity index (χ1v) is 12.6. The Balaban J connectivity index is 2.03. The molecule has 0 aromatic heterocycles. The maximum atomic E-state index is 13.4. The molecule has 0 bridgehead atoms. The predicted octanol–water partition coefficient (Wildman–Crippen LogP) is 5.00. The highest BCUT2D eigenvalue weighted by Crippen LogP contribution is 2.31. The zero-order chi connectivity index (χ0) is 23.5. The van der Waals surface area contributed by atoms with Crippen molar-refractivity contribution in [2.75, 3.05) is 36.4 Å². The lowest BCUT2D eigenvalue weighted by Crippen LogP contribution is -2.35. The molecule has 1 amide bonds. The van der Waals surface area contributed by atoms with Gasteiger partial charge in [0.25, 0.3) is 5.91 Å². The summed E-state index contributed by atoms with van der Waals surface area (Å²) in [5.74, 6) is -0.406. The molecule has 6 nitrogen and oxygen atoms in total. The number of hydrogen-bond donors (Lipinski definition) is 1. The van der Waals surface area contributed by atoms with E-state index in [2.05, 4.69) is 17.1 Å². The van der Waals surface area contributed by atoms with E-state index < -0.39 is 21.7 Å². The van der Waals surface area contributed by atoms with Crippen LogP contribution in [0, 0.1) is 11.7 Å². The van der Waals surface area contributed by atoms with Gasteiger partial charge < -0.3 is 10.2 Å². The van der Waals surface area contributed by atoms with Crippen LogP contribution < -0.4 is 10.2 Å². The second kappa shape index (κ2) is 10.2. The van der Waals surface area contributed by atoms with Gasteiger partial charge in [-0.25, -0.2) is 12.8 Å². The highest BCUT2D eigenvalue weighted by molar-refractivity contribution is 7.89. The maximum Gasteiger partial charge on any atom is 0.257 e. The van der Waals surface area contributed by atoms with Crippen molar-refractivity contribution in [3.8, 4) is 0 Å². The molecule has 0 saturated carbocycles. The van der Waals surface area contributed by atoms with Crippen LogP contribution >= 0.6 is 11.6 Å². The Bertz CT molecular complexity index is 1080. The number of halogens is 2. The Morgan fingerprint density at radius 3 is 2.41 bits per heavy atom. The molecule has 0 unspecified atom stereocenters. The SMILES string of the molecule is CCN(CC)S(=O)(=O)c1ccc(N2CCC(C)CC2)c(C(=O)Nc2ccc(F)cc2Cl)c1. The molecule has 1 aliphatic rings. The summed E-state index contributed by atoms with van der Waals surface area (Å²) in [5.41, 5.74) is 1.17. The predicted molar refractivity (Wildman–Crippen MR) is 127 cm³/mol. The first-order chi connectivity index (χ1) is 15.2. The van der Waals surface area contributed by atoms with Crippen molar-refractivity contribution in [1.29, 1.82) is 0 Å². The van der Waals surface area contributed by atoms with Gasteiger partial charge in [-0.2, -0.15) is 4.31 Å². The number of nitrogens with zero attached hydrogens (tertiary/aromatic N) is 2. The van der Waals surface area contributed by atoms with E-state index in [9.17, 15) is 17.6 Å². The molecular formula is C23H29ClFN3O3S. The summed E-state index contributed by atoms with van der Waals surface area (Å²) in [6.07, 6.45) is 1.98. The van der Waals surface area contributed by atoms with Crippen molar-refractivity contribution in [3.63, 3.8) is 0 Å². The van der Waals surface area contributed by atoms with Gasteiger partial charge in [0.2, 0.25) is 10.0 Å². The van der Waals surface area contributed by atoms with Gasteiger partial charge in [0.05, 0.1) is 21.2 Å². The summed E-state index contributed by atoms with van der Waals surface area (Å²) < 4.78 is 40.9. The highest BCUT2D eigenvalue weighted by atomic mass is 35.5. The fourth-order valence-corrected chi connectivity index (χ4v) is 5.58. The maximum absolute atomic E-state index is 13.4. The summed E-state index contributed by atoms with van der Waals surface area (Å²) >= 11 is 6.08. The number of amides is 1. The van der Waals surface area contributed by atoms with Gasteiger partial charge in [0.1, 0.15) is 5.82 Å². The number of benzene rings is 2. The van der Waals surface area contributed by atoms with E-state index in [-0.39, 0.29) is 21.2 Å². The number of piperidine rings is 1. The van der Waals surface area contributed by atoms with Crippen molar-refractivity contribution in [2.24, 2.45) is 5.92 Å². The standard InChI is InChI=1S/C23H29ClFN3O3S/c1-4-28(5-2)32(30,31)18-7-9-22(27-12-10-16(3)11-13-27)19(15-18)23(29)26-21-8-6-17(25)14-20(21)24/h6-9,14-16H,4-5,10-13H2,1-3H3,(H,26,29). The van der Waals surface area contributed by atoms with E-state index in [1.807, 2.05) is 0 Å². The second-order valence-electron chi connectivity index (χ2n) is 8.02. The van der Waals surface area contributed by atoms with Gasteiger partial charge >= 0.3 is 0 Å². The molecule has 0 atom stereocenters. The minimum absolute atomic E-state index is 0.0608. The third-order valence-electron chi connectivity index (χ3n) is 5.86. The van der Waals surface area contributed by atoms with E-state index in [0.29, 0.717) is 24.7 Å². The minimum Gasteiger partial charge on any atom is -0.371 e. The van der Waals surface area contributed by atoms with Crippen LogP contribution in [-0.2, 0) is 10.0 Å². The Morgan fingerprint density at radius 1 is 1.16 bits per heavy atom. The second-order valence-corrected chi connectivity index (χ2v) is 10.4. The summed E-state index contributed by atoms with van der Waals surface area (Å²) in [6.45, 7) is 7.96. The van der Waals surface area contributed by atoms with Gasteiger partial charge in [-0.05, 0) is 55.2 Å². The third kappa shape index (κ3) is 5.24. The average Bonchev–Trinajstić information content (AvgIpc) is 2.76. The number of hydrogen-bond acceptors (Lipinski definition) is 4. The number of rotatable bonds is 7. The lowest BCUT2D eigenvalue weighted by molar-refractivity contribution is 0.102. The fourth-order valence-electron chi connectivity index (χ4n) is 3.88. The van der Waals surface area contributed by atoms with E-state index in [4.69, 9.17) is 11.6 Å². The Hall–Kier alpha value is -2.16. The quantitative estimate of drug-likeness (QED) is 0.604. The molecule has 2 aromatic carbocycles. The van der Waals surface area contributed by atoms with E-state index in [0.717, 1.165) is 32.0 Å². The zero-order valence-corrected chi connectivity index (χ0v) is 20.1. The lowest BCUT2D eigenvalue weighted by Gasteiger charge is -2.33. The Kier molecular flexibility index (Phi) is 7.79. The van der Waals surface area contributed by atoms with Crippen molar-refractivity contribution in [3.05, 3.63) is 52.8 Å². The number of anilines is 2. The minimum atomic E-state index is -3.74. The lowest BCUT2D eigenvalue weighted by atomic mass is 9.98. The van der Waals surface area contributed by atoms with Gasteiger partial charge in [-0.15, -0.1) is 0 Å². The summed E-state index contributed by atoms with van der Waals surface area (Å²) in [6, 6.07) is 8.39. The molecular weight excluding hydrogens is 453 g/mol. The number of nitrogens with one attached hydrogen (secondary N) is 1. The molecule has 174 valence electrons. The van der Waals surface area contributed by atoms with Gasteiger partial charge in [0.15, 0.2) is 0 Å². The number of carbonyl (C=O) groups excluding carboxylic acids is 1. The molecule has 3 rings (SSSR count). The first kappa shape index (κ1) is 24.5. The monoisotopic (exact) mass is 481 g/mol. The van der Waals surface area contributed by atoms with E-state index in [1.54, 1.807) is 26.0 Å². The topological polar surface area (TPSA) is 69.7 Å². The summed E-state index contributed by atoms with van der Waals surface area (Å²) in [7, 11) is -3.74. The Labute approximate surface area is 194 Å². The van der Waals surface area contributed by atoms with Crippen LogP contribution in [0.4, 0.5) is 15.8 Å². The molecule has 32 heavy (non-hydrogen) atoms. The van der Waals surface area contributed by atoms with Crippen LogP contribution in [0.1, 0.15) is 44.0 Å².